The van der Waals surface area contributed by atoms with Gasteiger partial charge >= 0.3 is 0 Å². The van der Waals surface area contributed by atoms with Crippen molar-refractivity contribution < 1.29 is 9.84 Å². The van der Waals surface area contributed by atoms with Gasteiger partial charge in [-0.15, -0.1) is 6.58 Å². The molecule has 0 saturated heterocycles. The maximum absolute atomic E-state index is 11.0. The summed E-state index contributed by atoms with van der Waals surface area (Å²) in [5.41, 5.74) is 2.83. The standard InChI is InChI=1S/C27H31Cl2N3O2/c1-3-18-14-20(7-6-19(18)5-4-17-12-26(28)32-27(29)13-17)31-16-25(33)22-10-11-30-24-9-8-21(34-2)15-23(22)24/h3,8-13,15,18-20,25,31,33H,1,4-7,14,16H2,2H3. The van der Waals surface area contributed by atoms with Gasteiger partial charge in [-0.05, 0) is 91.5 Å². The smallest absolute Gasteiger partial charge is 0.131 e. The Kier molecular flexibility index (Phi) is 8.43. The summed E-state index contributed by atoms with van der Waals surface area (Å²) in [4.78, 5) is 8.44. The lowest BCUT2D eigenvalue weighted by atomic mass is 9.74. The molecule has 1 aliphatic rings. The first-order valence-corrected chi connectivity index (χ1v) is 12.5. The normalized spacial score (nSPS) is 21.4. The molecule has 0 spiro atoms. The third-order valence-electron chi connectivity index (χ3n) is 6.92. The topological polar surface area (TPSA) is 67.3 Å². The van der Waals surface area contributed by atoms with Crippen molar-refractivity contribution in [1.82, 2.24) is 15.3 Å². The molecule has 5 nitrogen and oxygen atoms in total. The van der Waals surface area contributed by atoms with Crippen LogP contribution in [0.5, 0.6) is 5.75 Å². The molecule has 4 rings (SSSR count). The van der Waals surface area contributed by atoms with E-state index >= 15 is 0 Å². The maximum Gasteiger partial charge on any atom is 0.131 e. The van der Waals surface area contributed by atoms with Gasteiger partial charge in [0.2, 0.25) is 0 Å². The van der Waals surface area contributed by atoms with Crippen molar-refractivity contribution in [2.24, 2.45) is 11.8 Å². The van der Waals surface area contributed by atoms with Gasteiger partial charge in [0.25, 0.3) is 0 Å². The van der Waals surface area contributed by atoms with Crippen molar-refractivity contribution in [3.63, 3.8) is 0 Å². The second kappa shape index (κ2) is 11.5. The lowest BCUT2D eigenvalue weighted by molar-refractivity contribution is 0.155. The SMILES string of the molecule is C=CC1CC(NCC(O)c2ccnc3ccc(OC)cc23)CCC1CCc1cc(Cl)nc(Cl)c1. The molecule has 34 heavy (non-hydrogen) atoms. The maximum atomic E-state index is 11.0. The summed E-state index contributed by atoms with van der Waals surface area (Å²) < 4.78 is 5.36. The molecule has 2 N–H and O–H groups in total. The van der Waals surface area contributed by atoms with Crippen LogP contribution in [-0.2, 0) is 6.42 Å². The van der Waals surface area contributed by atoms with Crippen molar-refractivity contribution in [3.8, 4) is 5.75 Å². The van der Waals surface area contributed by atoms with E-state index in [9.17, 15) is 5.11 Å². The Balaban J connectivity index is 1.33. The molecule has 7 heteroatoms. The minimum atomic E-state index is -0.626. The lowest BCUT2D eigenvalue weighted by Gasteiger charge is -2.35. The molecule has 1 saturated carbocycles. The predicted octanol–water partition coefficient (Wildman–Crippen LogP) is 6.17. The van der Waals surface area contributed by atoms with Crippen LogP contribution in [0.4, 0.5) is 0 Å². The van der Waals surface area contributed by atoms with Gasteiger partial charge in [0.15, 0.2) is 0 Å². The number of nitrogens with one attached hydrogen (secondary N) is 1. The monoisotopic (exact) mass is 499 g/mol. The van der Waals surface area contributed by atoms with E-state index in [1.807, 2.05) is 36.4 Å². The van der Waals surface area contributed by atoms with Gasteiger partial charge in [0, 0.05) is 24.2 Å². The number of ether oxygens (including phenoxy) is 1. The summed E-state index contributed by atoms with van der Waals surface area (Å²) in [5, 5.41) is 16.4. The molecular formula is C27H31Cl2N3O2. The number of hydrogen-bond donors (Lipinski definition) is 2. The number of aliphatic hydroxyl groups is 1. The van der Waals surface area contributed by atoms with Crippen LogP contribution < -0.4 is 10.1 Å². The highest BCUT2D eigenvalue weighted by atomic mass is 35.5. The Hall–Kier alpha value is -2.18. The summed E-state index contributed by atoms with van der Waals surface area (Å²) >= 11 is 12.1. The first-order valence-electron chi connectivity index (χ1n) is 11.8. The molecule has 0 aliphatic heterocycles. The predicted molar refractivity (Wildman–Crippen MR) is 139 cm³/mol. The van der Waals surface area contributed by atoms with Crippen LogP contribution in [0.3, 0.4) is 0 Å². The summed E-state index contributed by atoms with van der Waals surface area (Å²) in [6, 6.07) is 11.8. The zero-order chi connectivity index (χ0) is 24.1. The van der Waals surface area contributed by atoms with Crippen LogP contribution in [0.2, 0.25) is 10.3 Å². The van der Waals surface area contributed by atoms with E-state index in [-0.39, 0.29) is 0 Å². The quantitative estimate of drug-likeness (QED) is 0.272. The molecule has 3 aromatic rings. The fraction of sp³-hybridized carbons (Fsp3) is 0.407. The Morgan fingerprint density at radius 3 is 2.74 bits per heavy atom. The Labute approximate surface area is 211 Å². The highest BCUT2D eigenvalue weighted by Crippen LogP contribution is 2.35. The van der Waals surface area contributed by atoms with Crippen molar-refractivity contribution in [2.45, 2.75) is 44.2 Å². The molecule has 2 heterocycles. The summed E-state index contributed by atoms with van der Waals surface area (Å²) in [6.45, 7) is 4.59. The first-order chi connectivity index (χ1) is 16.5. The summed E-state index contributed by atoms with van der Waals surface area (Å²) in [7, 11) is 1.64. The second-order valence-corrected chi connectivity index (χ2v) is 9.81. The Bertz CT molecular complexity index is 1120. The van der Waals surface area contributed by atoms with E-state index < -0.39 is 6.10 Å². The van der Waals surface area contributed by atoms with Gasteiger partial charge in [-0.2, -0.15) is 0 Å². The number of hydrogen-bond acceptors (Lipinski definition) is 5. The highest BCUT2D eigenvalue weighted by molar-refractivity contribution is 6.32. The van der Waals surface area contributed by atoms with Crippen LogP contribution in [0.25, 0.3) is 10.9 Å². The molecular weight excluding hydrogens is 469 g/mol. The number of aromatic nitrogens is 2. The van der Waals surface area contributed by atoms with Crippen molar-refractivity contribution in [1.29, 1.82) is 0 Å². The van der Waals surface area contributed by atoms with E-state index in [1.54, 1.807) is 13.3 Å². The number of aliphatic hydroxyl groups excluding tert-OH is 1. The van der Waals surface area contributed by atoms with Gasteiger partial charge in [-0.25, -0.2) is 4.98 Å². The third-order valence-corrected chi connectivity index (χ3v) is 7.31. The summed E-state index contributed by atoms with van der Waals surface area (Å²) in [5.74, 6) is 1.76. The number of methoxy groups -OCH3 is 1. The van der Waals surface area contributed by atoms with Gasteiger partial charge in [0.1, 0.15) is 16.1 Å². The number of aryl methyl sites for hydroxylation is 1. The summed E-state index contributed by atoms with van der Waals surface area (Å²) in [6.07, 6.45) is 8.40. The third kappa shape index (κ3) is 6.08. The van der Waals surface area contributed by atoms with Crippen LogP contribution in [-0.4, -0.2) is 34.8 Å². The Morgan fingerprint density at radius 2 is 2.00 bits per heavy atom. The Morgan fingerprint density at radius 1 is 1.21 bits per heavy atom. The van der Waals surface area contributed by atoms with E-state index in [0.29, 0.717) is 34.7 Å². The molecule has 0 radical (unpaired) electrons. The molecule has 0 amide bonds. The van der Waals surface area contributed by atoms with E-state index in [4.69, 9.17) is 27.9 Å². The average molecular weight is 500 g/mol. The molecule has 4 unspecified atom stereocenters. The van der Waals surface area contributed by atoms with Crippen molar-refractivity contribution in [2.75, 3.05) is 13.7 Å². The van der Waals surface area contributed by atoms with E-state index in [2.05, 4.69) is 27.9 Å². The number of rotatable bonds is 9. The molecule has 180 valence electrons. The van der Waals surface area contributed by atoms with Crippen molar-refractivity contribution in [3.05, 3.63) is 76.7 Å². The second-order valence-electron chi connectivity index (χ2n) is 9.04. The number of nitrogens with zero attached hydrogens (tertiary/aromatic N) is 2. The fourth-order valence-electron chi connectivity index (χ4n) is 5.06. The largest absolute Gasteiger partial charge is 0.497 e. The molecule has 1 fully saturated rings. The zero-order valence-corrected chi connectivity index (χ0v) is 20.9. The molecule has 4 atom stereocenters. The molecule has 2 aromatic heterocycles. The van der Waals surface area contributed by atoms with E-state index in [0.717, 1.165) is 59.9 Å². The van der Waals surface area contributed by atoms with Gasteiger partial charge in [-0.1, -0.05) is 29.3 Å². The van der Waals surface area contributed by atoms with Crippen LogP contribution in [0.15, 0.2) is 55.3 Å². The number of pyridine rings is 2. The number of halogens is 2. The van der Waals surface area contributed by atoms with Gasteiger partial charge < -0.3 is 15.2 Å². The fourth-order valence-corrected chi connectivity index (χ4v) is 5.57. The minimum Gasteiger partial charge on any atom is -0.497 e. The molecule has 0 bridgehead atoms. The van der Waals surface area contributed by atoms with Gasteiger partial charge in [0.05, 0.1) is 18.7 Å². The first kappa shape index (κ1) is 24.9. The van der Waals surface area contributed by atoms with E-state index in [1.165, 1.54) is 0 Å². The number of fused-ring (bicyclic) bond motifs is 1. The van der Waals surface area contributed by atoms with Crippen LogP contribution >= 0.6 is 23.2 Å². The van der Waals surface area contributed by atoms with Crippen LogP contribution in [0.1, 0.15) is 42.9 Å². The lowest BCUT2D eigenvalue weighted by Crippen LogP contribution is -2.39. The molecule has 1 aliphatic carbocycles. The highest BCUT2D eigenvalue weighted by Gasteiger charge is 2.28. The van der Waals surface area contributed by atoms with Crippen LogP contribution in [0, 0.1) is 11.8 Å². The minimum absolute atomic E-state index is 0.348. The van der Waals surface area contributed by atoms with Gasteiger partial charge in [-0.3, -0.25) is 4.98 Å². The van der Waals surface area contributed by atoms with Crippen molar-refractivity contribution >= 4 is 34.1 Å². The number of benzene rings is 1. The molecule has 1 aromatic carbocycles. The zero-order valence-electron chi connectivity index (χ0n) is 19.4. The number of allylic oxidation sites excluding steroid dienone is 1. The average Bonchev–Trinajstić information content (AvgIpc) is 2.84.